The van der Waals surface area contributed by atoms with Crippen molar-refractivity contribution in [2.24, 2.45) is 0 Å². The number of nitrogens with one attached hydrogen (secondary N) is 1. The molecule has 3 aromatic rings. The molecule has 3 aromatic carbocycles. The van der Waals surface area contributed by atoms with E-state index in [2.05, 4.69) is 5.32 Å². The number of benzene rings is 3. The Labute approximate surface area is 192 Å². The first-order valence-electron chi connectivity index (χ1n) is 10.3. The van der Waals surface area contributed by atoms with E-state index in [-0.39, 0.29) is 17.7 Å². The van der Waals surface area contributed by atoms with Crippen molar-refractivity contribution in [3.8, 4) is 0 Å². The Bertz CT molecular complexity index is 1000. The topological polar surface area (TPSA) is 30.5 Å². The lowest BCUT2D eigenvalue weighted by Crippen LogP contribution is -2.54. The highest BCUT2D eigenvalue weighted by Gasteiger charge is 2.44. The third-order valence-electron chi connectivity index (χ3n) is 5.67. The predicted octanol–water partition coefficient (Wildman–Crippen LogP) is 6.12. The number of halogens is 3. The SMILES string of the molecule is Fc1c(Cl)cccc1COC1CNCCC1(OCc1ccccc1)c1ccc(Cl)cc1. The van der Waals surface area contributed by atoms with E-state index in [1.54, 1.807) is 12.1 Å². The van der Waals surface area contributed by atoms with Crippen LogP contribution < -0.4 is 5.32 Å². The summed E-state index contributed by atoms with van der Waals surface area (Å²) in [5.41, 5.74) is 1.80. The van der Waals surface area contributed by atoms with E-state index in [9.17, 15) is 4.39 Å². The van der Waals surface area contributed by atoms with E-state index >= 15 is 0 Å². The number of piperidine rings is 1. The van der Waals surface area contributed by atoms with Crippen molar-refractivity contribution in [3.05, 3.63) is 105 Å². The van der Waals surface area contributed by atoms with Crippen molar-refractivity contribution >= 4 is 23.2 Å². The van der Waals surface area contributed by atoms with E-state index in [1.165, 1.54) is 6.07 Å². The van der Waals surface area contributed by atoms with Crippen molar-refractivity contribution in [1.82, 2.24) is 5.32 Å². The number of rotatable bonds is 7. The lowest BCUT2D eigenvalue weighted by atomic mass is 9.82. The molecule has 1 saturated heterocycles. The van der Waals surface area contributed by atoms with Gasteiger partial charge in [0.05, 0.1) is 18.2 Å². The van der Waals surface area contributed by atoms with E-state index in [0.29, 0.717) is 30.2 Å². The lowest BCUT2D eigenvalue weighted by Gasteiger charge is -2.44. The van der Waals surface area contributed by atoms with Gasteiger partial charge in [0.25, 0.3) is 0 Å². The summed E-state index contributed by atoms with van der Waals surface area (Å²) in [4.78, 5) is 0. The molecular formula is C25H24Cl2FNO2. The Morgan fingerprint density at radius 1 is 0.935 bits per heavy atom. The summed E-state index contributed by atoms with van der Waals surface area (Å²) < 4.78 is 27.3. The zero-order valence-electron chi connectivity index (χ0n) is 17.0. The molecule has 2 atom stereocenters. The average molecular weight is 460 g/mol. The first-order valence-corrected chi connectivity index (χ1v) is 11.0. The predicted molar refractivity (Wildman–Crippen MR) is 122 cm³/mol. The molecule has 0 spiro atoms. The van der Waals surface area contributed by atoms with Gasteiger partial charge in [0.15, 0.2) is 0 Å². The van der Waals surface area contributed by atoms with Crippen LogP contribution in [-0.2, 0) is 28.3 Å². The zero-order valence-corrected chi connectivity index (χ0v) is 18.5. The summed E-state index contributed by atoms with van der Waals surface area (Å²) in [6.45, 7) is 1.90. The molecule has 1 aliphatic rings. The third-order valence-corrected chi connectivity index (χ3v) is 6.21. The molecule has 0 radical (unpaired) electrons. The molecule has 0 amide bonds. The molecule has 31 heavy (non-hydrogen) atoms. The molecule has 1 fully saturated rings. The third kappa shape index (κ3) is 5.11. The van der Waals surface area contributed by atoms with Crippen LogP contribution >= 0.6 is 23.2 Å². The van der Waals surface area contributed by atoms with Gasteiger partial charge >= 0.3 is 0 Å². The van der Waals surface area contributed by atoms with Crippen LogP contribution in [0.5, 0.6) is 0 Å². The molecule has 0 bridgehead atoms. The van der Waals surface area contributed by atoms with Crippen LogP contribution in [0.2, 0.25) is 10.0 Å². The fourth-order valence-electron chi connectivity index (χ4n) is 3.97. The Hall–Kier alpha value is -1.95. The molecular weight excluding hydrogens is 436 g/mol. The zero-order chi connectivity index (χ0) is 21.7. The van der Waals surface area contributed by atoms with Gasteiger partial charge in [-0.2, -0.15) is 0 Å². The van der Waals surface area contributed by atoms with Crippen molar-refractivity contribution < 1.29 is 13.9 Å². The average Bonchev–Trinajstić information content (AvgIpc) is 2.80. The van der Waals surface area contributed by atoms with E-state index in [0.717, 1.165) is 17.7 Å². The second-order valence-electron chi connectivity index (χ2n) is 7.64. The van der Waals surface area contributed by atoms with E-state index < -0.39 is 11.4 Å². The highest BCUT2D eigenvalue weighted by Crippen LogP contribution is 2.39. The molecule has 2 unspecified atom stereocenters. The van der Waals surface area contributed by atoms with Crippen LogP contribution in [0, 0.1) is 5.82 Å². The largest absolute Gasteiger partial charge is 0.369 e. The van der Waals surface area contributed by atoms with Gasteiger partial charge in [0.2, 0.25) is 0 Å². The molecule has 0 aromatic heterocycles. The first-order chi connectivity index (χ1) is 15.1. The van der Waals surface area contributed by atoms with E-state index in [1.807, 2.05) is 54.6 Å². The standard InChI is InChI=1S/C25H24Cl2FNO2/c26-21-11-9-20(10-12-21)25(31-16-18-5-2-1-3-6-18)13-14-29-15-23(25)30-17-19-7-4-8-22(27)24(19)28/h1-12,23,29H,13-17H2. The van der Waals surface area contributed by atoms with Crippen LogP contribution in [-0.4, -0.2) is 19.2 Å². The van der Waals surface area contributed by atoms with Crippen LogP contribution in [0.4, 0.5) is 4.39 Å². The molecule has 162 valence electrons. The molecule has 0 aliphatic carbocycles. The summed E-state index contributed by atoms with van der Waals surface area (Å²) in [7, 11) is 0. The van der Waals surface area contributed by atoms with Gasteiger partial charge in [-0.3, -0.25) is 0 Å². The minimum absolute atomic E-state index is 0.0900. The second-order valence-corrected chi connectivity index (χ2v) is 8.48. The fourth-order valence-corrected chi connectivity index (χ4v) is 4.29. The maximum Gasteiger partial charge on any atom is 0.147 e. The molecule has 1 N–H and O–H groups in total. The van der Waals surface area contributed by atoms with Crippen LogP contribution in [0.25, 0.3) is 0 Å². The Kier molecular flexibility index (Phi) is 7.26. The summed E-state index contributed by atoms with van der Waals surface area (Å²) in [5, 5.41) is 4.13. The summed E-state index contributed by atoms with van der Waals surface area (Å²) >= 11 is 12.1. The maximum absolute atomic E-state index is 14.4. The van der Waals surface area contributed by atoms with Gasteiger partial charge in [0, 0.05) is 17.1 Å². The summed E-state index contributed by atoms with van der Waals surface area (Å²) in [5.74, 6) is -0.449. The first kappa shape index (κ1) is 22.3. The van der Waals surface area contributed by atoms with Gasteiger partial charge in [-0.25, -0.2) is 4.39 Å². The van der Waals surface area contributed by atoms with Gasteiger partial charge in [-0.15, -0.1) is 0 Å². The fraction of sp³-hybridized carbons (Fsp3) is 0.280. The quantitative estimate of drug-likeness (QED) is 0.461. The number of hydrogen-bond donors (Lipinski definition) is 1. The highest BCUT2D eigenvalue weighted by atomic mass is 35.5. The van der Waals surface area contributed by atoms with Gasteiger partial charge < -0.3 is 14.8 Å². The van der Waals surface area contributed by atoms with Crippen molar-refractivity contribution in [3.63, 3.8) is 0 Å². The van der Waals surface area contributed by atoms with Crippen LogP contribution in [0.1, 0.15) is 23.1 Å². The van der Waals surface area contributed by atoms with Gasteiger partial charge in [-0.05, 0) is 42.3 Å². The molecule has 6 heteroatoms. The number of ether oxygens (including phenoxy) is 2. The monoisotopic (exact) mass is 459 g/mol. The second kappa shape index (κ2) is 10.1. The molecule has 3 nitrogen and oxygen atoms in total. The normalized spacial score (nSPS) is 21.2. The minimum Gasteiger partial charge on any atom is -0.369 e. The molecule has 1 aliphatic heterocycles. The van der Waals surface area contributed by atoms with Crippen LogP contribution in [0.15, 0.2) is 72.8 Å². The Balaban J connectivity index is 1.62. The smallest absolute Gasteiger partial charge is 0.147 e. The van der Waals surface area contributed by atoms with Crippen molar-refractivity contribution in [1.29, 1.82) is 0 Å². The highest BCUT2D eigenvalue weighted by molar-refractivity contribution is 6.31. The Morgan fingerprint density at radius 3 is 2.48 bits per heavy atom. The van der Waals surface area contributed by atoms with E-state index in [4.69, 9.17) is 32.7 Å². The van der Waals surface area contributed by atoms with Crippen molar-refractivity contribution in [2.45, 2.75) is 31.3 Å². The summed E-state index contributed by atoms with van der Waals surface area (Å²) in [6, 6.07) is 22.7. The van der Waals surface area contributed by atoms with Crippen LogP contribution in [0.3, 0.4) is 0 Å². The van der Waals surface area contributed by atoms with Crippen molar-refractivity contribution in [2.75, 3.05) is 13.1 Å². The maximum atomic E-state index is 14.4. The van der Waals surface area contributed by atoms with Gasteiger partial charge in [-0.1, -0.05) is 77.8 Å². The number of hydrogen-bond acceptors (Lipinski definition) is 3. The molecule has 4 rings (SSSR count). The Morgan fingerprint density at radius 2 is 1.71 bits per heavy atom. The van der Waals surface area contributed by atoms with Gasteiger partial charge in [0.1, 0.15) is 17.5 Å². The lowest BCUT2D eigenvalue weighted by molar-refractivity contribution is -0.176. The summed E-state index contributed by atoms with van der Waals surface area (Å²) in [6.07, 6.45) is 0.383. The molecule has 1 heterocycles. The molecule has 0 saturated carbocycles. The minimum atomic E-state index is -0.694.